The Hall–Kier alpha value is -1.27. The molecular weight excluding hydrogens is 329 g/mol. The molecule has 0 radical (unpaired) electrons. The van der Waals surface area contributed by atoms with E-state index in [4.69, 9.17) is 5.73 Å². The third-order valence-corrected chi connectivity index (χ3v) is 4.21. The quantitative estimate of drug-likeness (QED) is 0.909. The van der Waals surface area contributed by atoms with Crippen molar-refractivity contribution in [3.05, 3.63) is 35.4 Å². The lowest BCUT2D eigenvalue weighted by Gasteiger charge is -2.38. The maximum Gasteiger partial charge on any atom is 0.416 e. The van der Waals surface area contributed by atoms with Gasteiger partial charge in [-0.1, -0.05) is 19.1 Å². The SMILES string of the molecule is CC1CCN(C(=O)Cc2ccc(C(F)(F)F)cc2)C(CN)C1.Cl. The molecule has 23 heavy (non-hydrogen) atoms. The van der Waals surface area contributed by atoms with E-state index in [1.165, 1.54) is 12.1 Å². The van der Waals surface area contributed by atoms with Crippen molar-refractivity contribution in [2.75, 3.05) is 13.1 Å². The second-order valence-corrected chi connectivity index (χ2v) is 5.98. The van der Waals surface area contributed by atoms with Gasteiger partial charge in [0, 0.05) is 19.1 Å². The number of hydrogen-bond donors (Lipinski definition) is 1. The van der Waals surface area contributed by atoms with E-state index in [0.717, 1.165) is 25.0 Å². The van der Waals surface area contributed by atoms with E-state index in [9.17, 15) is 18.0 Å². The van der Waals surface area contributed by atoms with Crippen LogP contribution in [0.4, 0.5) is 13.2 Å². The highest BCUT2D eigenvalue weighted by molar-refractivity contribution is 5.85. The Bertz CT molecular complexity index is 519. The minimum atomic E-state index is -4.35. The fourth-order valence-corrected chi connectivity index (χ4v) is 2.89. The minimum absolute atomic E-state index is 0. The highest BCUT2D eigenvalue weighted by Gasteiger charge is 2.31. The molecule has 1 aromatic carbocycles. The van der Waals surface area contributed by atoms with Crippen LogP contribution in [-0.4, -0.2) is 29.9 Å². The van der Waals surface area contributed by atoms with Crippen molar-refractivity contribution in [2.45, 2.75) is 38.4 Å². The van der Waals surface area contributed by atoms with Crippen molar-refractivity contribution >= 4 is 18.3 Å². The minimum Gasteiger partial charge on any atom is -0.338 e. The molecular formula is C16H22ClF3N2O. The summed E-state index contributed by atoms with van der Waals surface area (Å²) < 4.78 is 37.6. The largest absolute Gasteiger partial charge is 0.416 e. The molecule has 2 rings (SSSR count). The zero-order valence-electron chi connectivity index (χ0n) is 13.0. The van der Waals surface area contributed by atoms with Gasteiger partial charge in [-0.05, 0) is 36.5 Å². The third kappa shape index (κ3) is 5.11. The molecule has 1 saturated heterocycles. The molecule has 1 amide bonds. The van der Waals surface area contributed by atoms with Gasteiger partial charge in [0.25, 0.3) is 0 Å². The number of piperidine rings is 1. The van der Waals surface area contributed by atoms with Gasteiger partial charge >= 0.3 is 6.18 Å². The van der Waals surface area contributed by atoms with Crippen molar-refractivity contribution < 1.29 is 18.0 Å². The van der Waals surface area contributed by atoms with Gasteiger partial charge in [0.2, 0.25) is 5.91 Å². The second kappa shape index (κ2) is 8.02. The van der Waals surface area contributed by atoms with Gasteiger partial charge in [0.15, 0.2) is 0 Å². The average molecular weight is 351 g/mol. The van der Waals surface area contributed by atoms with E-state index in [1.807, 2.05) is 0 Å². The van der Waals surface area contributed by atoms with Crippen LogP contribution in [0.5, 0.6) is 0 Å². The van der Waals surface area contributed by atoms with Gasteiger partial charge in [-0.15, -0.1) is 12.4 Å². The average Bonchev–Trinajstić information content (AvgIpc) is 2.46. The van der Waals surface area contributed by atoms with Gasteiger partial charge in [-0.3, -0.25) is 4.79 Å². The Kier molecular flexibility index (Phi) is 6.89. The Labute approximate surface area is 140 Å². The van der Waals surface area contributed by atoms with Crippen molar-refractivity contribution in [1.82, 2.24) is 4.90 Å². The Morgan fingerprint density at radius 3 is 2.43 bits per heavy atom. The molecule has 130 valence electrons. The molecule has 0 saturated carbocycles. The number of nitrogens with two attached hydrogens (primary N) is 1. The number of likely N-dealkylation sites (tertiary alicyclic amines) is 1. The van der Waals surface area contributed by atoms with Crippen LogP contribution in [0.1, 0.15) is 30.9 Å². The highest BCUT2D eigenvalue weighted by Crippen LogP contribution is 2.29. The molecule has 1 aliphatic heterocycles. The van der Waals surface area contributed by atoms with E-state index in [2.05, 4.69) is 6.92 Å². The summed E-state index contributed by atoms with van der Waals surface area (Å²) >= 11 is 0. The molecule has 0 bridgehead atoms. The molecule has 1 fully saturated rings. The first-order valence-electron chi connectivity index (χ1n) is 7.47. The summed E-state index contributed by atoms with van der Waals surface area (Å²) in [6.45, 7) is 3.23. The van der Waals surface area contributed by atoms with E-state index in [0.29, 0.717) is 24.6 Å². The second-order valence-electron chi connectivity index (χ2n) is 5.98. The number of benzene rings is 1. The summed E-state index contributed by atoms with van der Waals surface area (Å²) in [5, 5.41) is 0. The van der Waals surface area contributed by atoms with Gasteiger partial charge in [0.1, 0.15) is 0 Å². The summed E-state index contributed by atoms with van der Waals surface area (Å²) in [7, 11) is 0. The lowest BCUT2D eigenvalue weighted by molar-refractivity contribution is -0.137. The lowest BCUT2D eigenvalue weighted by atomic mass is 9.92. The standard InChI is InChI=1S/C16H21F3N2O.ClH/c1-11-6-7-21(14(8-11)10-20)15(22)9-12-2-4-13(5-3-12)16(17,18)19;/h2-5,11,14H,6-10,20H2,1H3;1H. The van der Waals surface area contributed by atoms with Crippen molar-refractivity contribution in [3.8, 4) is 0 Å². The Morgan fingerprint density at radius 2 is 1.91 bits per heavy atom. The van der Waals surface area contributed by atoms with Crippen molar-refractivity contribution in [3.63, 3.8) is 0 Å². The highest BCUT2D eigenvalue weighted by atomic mass is 35.5. The molecule has 1 heterocycles. The van der Waals surface area contributed by atoms with Gasteiger partial charge in [0.05, 0.1) is 12.0 Å². The number of hydrogen-bond acceptors (Lipinski definition) is 2. The first-order chi connectivity index (χ1) is 10.3. The maximum absolute atomic E-state index is 12.5. The number of amides is 1. The molecule has 1 aromatic rings. The topological polar surface area (TPSA) is 46.3 Å². The van der Waals surface area contributed by atoms with E-state index >= 15 is 0 Å². The van der Waals surface area contributed by atoms with E-state index in [1.54, 1.807) is 4.90 Å². The summed E-state index contributed by atoms with van der Waals surface area (Å²) in [4.78, 5) is 14.1. The van der Waals surface area contributed by atoms with Crippen molar-refractivity contribution in [2.24, 2.45) is 11.7 Å². The van der Waals surface area contributed by atoms with Crippen LogP contribution in [0.2, 0.25) is 0 Å². The number of carbonyl (C=O) groups excluding carboxylic acids is 1. The Balaban J connectivity index is 0.00000264. The normalized spacial score (nSPS) is 21.7. The zero-order valence-corrected chi connectivity index (χ0v) is 13.8. The molecule has 0 aliphatic carbocycles. The molecule has 0 spiro atoms. The molecule has 2 atom stereocenters. The van der Waals surface area contributed by atoms with Crippen LogP contribution in [0, 0.1) is 5.92 Å². The molecule has 1 aliphatic rings. The maximum atomic E-state index is 12.5. The molecule has 3 nitrogen and oxygen atoms in total. The number of alkyl halides is 3. The van der Waals surface area contributed by atoms with Crippen LogP contribution < -0.4 is 5.73 Å². The first-order valence-corrected chi connectivity index (χ1v) is 7.47. The van der Waals surface area contributed by atoms with Crippen LogP contribution in [0.3, 0.4) is 0 Å². The monoisotopic (exact) mass is 350 g/mol. The predicted molar refractivity (Wildman–Crippen MR) is 85.3 cm³/mol. The Morgan fingerprint density at radius 1 is 1.30 bits per heavy atom. The fourth-order valence-electron chi connectivity index (χ4n) is 2.89. The van der Waals surface area contributed by atoms with Gasteiger partial charge in [-0.25, -0.2) is 0 Å². The van der Waals surface area contributed by atoms with Crippen LogP contribution >= 0.6 is 12.4 Å². The first kappa shape index (κ1) is 19.8. The van der Waals surface area contributed by atoms with E-state index < -0.39 is 11.7 Å². The lowest BCUT2D eigenvalue weighted by Crippen LogP contribution is -2.49. The number of rotatable bonds is 3. The van der Waals surface area contributed by atoms with E-state index in [-0.39, 0.29) is 30.8 Å². The molecule has 0 aromatic heterocycles. The summed E-state index contributed by atoms with van der Waals surface area (Å²) in [6.07, 6.45) is -2.41. The third-order valence-electron chi connectivity index (χ3n) is 4.21. The van der Waals surface area contributed by atoms with Crippen LogP contribution in [0.25, 0.3) is 0 Å². The zero-order chi connectivity index (χ0) is 16.3. The van der Waals surface area contributed by atoms with Gasteiger partial charge in [-0.2, -0.15) is 13.2 Å². The summed E-state index contributed by atoms with van der Waals surface area (Å²) in [5.74, 6) is 0.478. The summed E-state index contributed by atoms with van der Waals surface area (Å²) in [5.41, 5.74) is 5.63. The summed E-state index contributed by atoms with van der Waals surface area (Å²) in [6, 6.07) is 4.80. The predicted octanol–water partition coefficient (Wildman–Crippen LogP) is 3.26. The van der Waals surface area contributed by atoms with Crippen molar-refractivity contribution in [1.29, 1.82) is 0 Å². The molecule has 7 heteroatoms. The van der Waals surface area contributed by atoms with Gasteiger partial charge < -0.3 is 10.6 Å². The number of carbonyl (C=O) groups is 1. The number of nitrogens with zero attached hydrogens (tertiary/aromatic N) is 1. The number of halogens is 4. The smallest absolute Gasteiger partial charge is 0.338 e. The fraction of sp³-hybridized carbons (Fsp3) is 0.562. The van der Waals surface area contributed by atoms with Crippen LogP contribution in [0.15, 0.2) is 24.3 Å². The molecule has 2 N–H and O–H groups in total. The molecule has 2 unspecified atom stereocenters. The van der Waals surface area contributed by atoms with Crippen LogP contribution in [-0.2, 0) is 17.4 Å².